The molecule has 0 unspecified atom stereocenters. The molecule has 0 heterocycles. The van der Waals surface area contributed by atoms with E-state index in [2.05, 4.69) is 5.92 Å². The van der Waals surface area contributed by atoms with Crippen LogP contribution >= 0.6 is 11.6 Å². The van der Waals surface area contributed by atoms with Gasteiger partial charge in [-0.3, -0.25) is 0 Å². The number of halogens is 4. The average Bonchev–Trinajstić information content (AvgIpc) is 2.12. The second-order valence-electron chi connectivity index (χ2n) is 3.05. The summed E-state index contributed by atoms with van der Waals surface area (Å²) in [7, 11) is 0. The second-order valence-corrected chi connectivity index (χ2v) is 3.49. The summed E-state index contributed by atoms with van der Waals surface area (Å²) in [5.74, 6) is 2.37. The van der Waals surface area contributed by atoms with Gasteiger partial charge in [-0.1, -0.05) is 11.6 Å². The topological polar surface area (TPSA) is 0 Å². The molecule has 0 aromatic heterocycles. The van der Waals surface area contributed by atoms with Gasteiger partial charge in [0.25, 0.3) is 0 Å². The number of hydrogen-bond acceptors (Lipinski definition) is 0. The second kappa shape index (κ2) is 4.59. The standard InChI is InChI=1S/C11H8ClF3/c1-2-3-4-8-5-9(11(13,14)15)7-10(12)6-8/h1,5-7H,3-4H2. The molecule has 0 saturated heterocycles. The van der Waals surface area contributed by atoms with Crippen molar-refractivity contribution in [3.63, 3.8) is 0 Å². The van der Waals surface area contributed by atoms with Crippen LogP contribution in [0.1, 0.15) is 17.5 Å². The Kier molecular flexibility index (Phi) is 3.65. The quantitative estimate of drug-likeness (QED) is 0.678. The van der Waals surface area contributed by atoms with Crippen molar-refractivity contribution in [3.05, 3.63) is 34.3 Å². The van der Waals surface area contributed by atoms with Crippen molar-refractivity contribution in [2.24, 2.45) is 0 Å². The van der Waals surface area contributed by atoms with Crippen LogP contribution < -0.4 is 0 Å². The fraction of sp³-hybridized carbons (Fsp3) is 0.273. The molecule has 80 valence electrons. The first-order valence-corrected chi connectivity index (χ1v) is 4.61. The number of alkyl halides is 3. The predicted molar refractivity (Wildman–Crippen MR) is 53.6 cm³/mol. The fourth-order valence-corrected chi connectivity index (χ4v) is 1.43. The number of aryl methyl sites for hydroxylation is 1. The largest absolute Gasteiger partial charge is 0.416 e. The summed E-state index contributed by atoms with van der Waals surface area (Å²) in [6.07, 6.45) is 1.47. The van der Waals surface area contributed by atoms with E-state index in [4.69, 9.17) is 18.0 Å². The molecule has 0 amide bonds. The molecule has 0 aliphatic carbocycles. The molecule has 1 aromatic carbocycles. The van der Waals surface area contributed by atoms with Crippen LogP contribution in [0.3, 0.4) is 0 Å². The van der Waals surface area contributed by atoms with E-state index in [0.717, 1.165) is 12.1 Å². The highest BCUT2D eigenvalue weighted by atomic mass is 35.5. The molecule has 0 aliphatic rings. The molecule has 0 nitrogen and oxygen atoms in total. The smallest absolute Gasteiger partial charge is 0.166 e. The van der Waals surface area contributed by atoms with Gasteiger partial charge in [0.15, 0.2) is 0 Å². The molecular formula is C11H8ClF3. The van der Waals surface area contributed by atoms with Gasteiger partial charge in [-0.15, -0.1) is 12.3 Å². The van der Waals surface area contributed by atoms with E-state index in [1.54, 1.807) is 0 Å². The minimum absolute atomic E-state index is 0.0804. The number of rotatable bonds is 2. The number of benzene rings is 1. The molecule has 4 heteroatoms. The molecule has 0 N–H and O–H groups in total. The first-order chi connectivity index (χ1) is 6.93. The molecule has 0 aliphatic heterocycles. The van der Waals surface area contributed by atoms with Crippen LogP contribution in [-0.2, 0) is 12.6 Å². The van der Waals surface area contributed by atoms with Gasteiger partial charge in [0.05, 0.1) is 5.56 Å². The van der Waals surface area contributed by atoms with Crippen LogP contribution in [0.4, 0.5) is 13.2 Å². The van der Waals surface area contributed by atoms with Gasteiger partial charge >= 0.3 is 6.18 Å². The zero-order valence-corrected chi connectivity index (χ0v) is 8.49. The van der Waals surface area contributed by atoms with Crippen LogP contribution in [0.15, 0.2) is 18.2 Å². The van der Waals surface area contributed by atoms with Gasteiger partial charge in [-0.05, 0) is 30.2 Å². The Balaban J connectivity index is 3.01. The van der Waals surface area contributed by atoms with Gasteiger partial charge < -0.3 is 0 Å². The molecule has 0 bridgehead atoms. The van der Waals surface area contributed by atoms with Gasteiger partial charge in [0.1, 0.15) is 0 Å². The van der Waals surface area contributed by atoms with Crippen LogP contribution in [0.2, 0.25) is 5.02 Å². The van der Waals surface area contributed by atoms with Crippen molar-refractivity contribution in [3.8, 4) is 12.3 Å². The fourth-order valence-electron chi connectivity index (χ4n) is 1.17. The maximum absolute atomic E-state index is 12.4. The van der Waals surface area contributed by atoms with Gasteiger partial charge in [0.2, 0.25) is 0 Å². The third-order valence-corrected chi connectivity index (χ3v) is 2.06. The first kappa shape index (κ1) is 11.9. The van der Waals surface area contributed by atoms with Gasteiger partial charge in [-0.25, -0.2) is 0 Å². The van der Waals surface area contributed by atoms with Crippen molar-refractivity contribution in [1.29, 1.82) is 0 Å². The summed E-state index contributed by atoms with van der Waals surface area (Å²) in [5, 5.41) is 0.0804. The summed E-state index contributed by atoms with van der Waals surface area (Å²) in [4.78, 5) is 0. The van der Waals surface area contributed by atoms with E-state index in [1.807, 2.05) is 0 Å². The summed E-state index contributed by atoms with van der Waals surface area (Å²) in [5.41, 5.74) is -0.227. The molecule has 1 rings (SSSR count). The molecule has 0 saturated carbocycles. The lowest BCUT2D eigenvalue weighted by molar-refractivity contribution is -0.137. The van der Waals surface area contributed by atoms with Gasteiger partial charge in [0, 0.05) is 11.4 Å². The van der Waals surface area contributed by atoms with Crippen LogP contribution in [0.5, 0.6) is 0 Å². The Bertz CT molecular complexity index is 388. The molecule has 15 heavy (non-hydrogen) atoms. The van der Waals surface area contributed by atoms with E-state index in [-0.39, 0.29) is 5.02 Å². The van der Waals surface area contributed by atoms with E-state index in [0.29, 0.717) is 18.4 Å². The van der Waals surface area contributed by atoms with E-state index >= 15 is 0 Å². The Morgan fingerprint density at radius 2 is 1.93 bits per heavy atom. The van der Waals surface area contributed by atoms with Crippen molar-refractivity contribution >= 4 is 11.6 Å². The van der Waals surface area contributed by atoms with Crippen LogP contribution in [0, 0.1) is 12.3 Å². The van der Waals surface area contributed by atoms with Crippen LogP contribution in [-0.4, -0.2) is 0 Å². The lowest BCUT2D eigenvalue weighted by atomic mass is 10.1. The van der Waals surface area contributed by atoms with E-state index in [1.165, 1.54) is 6.07 Å². The van der Waals surface area contributed by atoms with E-state index in [9.17, 15) is 13.2 Å². The Morgan fingerprint density at radius 3 is 2.47 bits per heavy atom. The summed E-state index contributed by atoms with van der Waals surface area (Å²) < 4.78 is 37.1. The zero-order chi connectivity index (χ0) is 11.5. The lowest BCUT2D eigenvalue weighted by Crippen LogP contribution is -2.05. The molecule has 1 aromatic rings. The highest BCUT2D eigenvalue weighted by molar-refractivity contribution is 6.30. The number of terminal acetylenes is 1. The van der Waals surface area contributed by atoms with Crippen molar-refractivity contribution < 1.29 is 13.2 Å². The third kappa shape index (κ3) is 3.49. The lowest BCUT2D eigenvalue weighted by Gasteiger charge is -2.09. The minimum atomic E-state index is -4.37. The average molecular weight is 233 g/mol. The SMILES string of the molecule is C#CCCc1cc(Cl)cc(C(F)(F)F)c1. The highest BCUT2D eigenvalue weighted by Gasteiger charge is 2.30. The van der Waals surface area contributed by atoms with Crippen LogP contribution in [0.25, 0.3) is 0 Å². The first-order valence-electron chi connectivity index (χ1n) is 4.23. The maximum Gasteiger partial charge on any atom is 0.416 e. The van der Waals surface area contributed by atoms with E-state index < -0.39 is 11.7 Å². The molecule has 0 atom stereocenters. The Hall–Kier alpha value is -1.14. The minimum Gasteiger partial charge on any atom is -0.166 e. The summed E-state index contributed by atoms with van der Waals surface area (Å²) in [6.45, 7) is 0. The van der Waals surface area contributed by atoms with Crippen molar-refractivity contribution in [1.82, 2.24) is 0 Å². The predicted octanol–water partition coefficient (Wildman–Crippen LogP) is 3.92. The normalized spacial score (nSPS) is 11.1. The number of hydrogen-bond donors (Lipinski definition) is 0. The third-order valence-electron chi connectivity index (χ3n) is 1.84. The Morgan fingerprint density at radius 1 is 1.27 bits per heavy atom. The van der Waals surface area contributed by atoms with Crippen molar-refractivity contribution in [2.75, 3.05) is 0 Å². The van der Waals surface area contributed by atoms with Crippen molar-refractivity contribution in [2.45, 2.75) is 19.0 Å². The highest BCUT2D eigenvalue weighted by Crippen LogP contribution is 2.32. The molecule has 0 radical (unpaired) electrons. The molecule has 0 spiro atoms. The molecular weight excluding hydrogens is 225 g/mol. The zero-order valence-electron chi connectivity index (χ0n) is 7.74. The van der Waals surface area contributed by atoms with Gasteiger partial charge in [-0.2, -0.15) is 13.2 Å². The molecule has 0 fully saturated rings. The monoisotopic (exact) mass is 232 g/mol. The Labute approximate surface area is 91.1 Å². The maximum atomic E-state index is 12.4. The summed E-state index contributed by atoms with van der Waals surface area (Å²) in [6, 6.07) is 3.47. The summed E-state index contributed by atoms with van der Waals surface area (Å²) >= 11 is 5.58.